The average Bonchev–Trinajstić information content (AvgIpc) is 3.27. The van der Waals surface area contributed by atoms with Crippen molar-refractivity contribution >= 4 is 10.2 Å². The molecular formula is C14H29N3O2S. The molecule has 1 aliphatic carbocycles. The molecule has 2 rings (SSSR count). The van der Waals surface area contributed by atoms with Gasteiger partial charge < -0.3 is 5.32 Å². The van der Waals surface area contributed by atoms with Crippen molar-refractivity contribution in [1.29, 1.82) is 0 Å². The van der Waals surface area contributed by atoms with Crippen LogP contribution < -0.4 is 5.32 Å². The Morgan fingerprint density at radius 2 is 2.00 bits per heavy atom. The van der Waals surface area contributed by atoms with Crippen LogP contribution in [0.15, 0.2) is 0 Å². The molecule has 1 saturated carbocycles. The monoisotopic (exact) mass is 303 g/mol. The molecule has 0 aromatic heterocycles. The molecular weight excluding hydrogens is 274 g/mol. The Balaban J connectivity index is 2.00. The Morgan fingerprint density at radius 1 is 1.25 bits per heavy atom. The minimum atomic E-state index is -3.24. The Bertz CT molecular complexity index is 395. The molecule has 0 amide bonds. The predicted molar refractivity (Wildman–Crippen MR) is 81.8 cm³/mol. The smallest absolute Gasteiger partial charge is 0.282 e. The van der Waals surface area contributed by atoms with Crippen LogP contribution in [0, 0.1) is 5.92 Å². The zero-order valence-corrected chi connectivity index (χ0v) is 13.7. The van der Waals surface area contributed by atoms with Crippen LogP contribution in [-0.4, -0.2) is 55.8 Å². The Morgan fingerprint density at radius 3 is 2.60 bits per heavy atom. The lowest BCUT2D eigenvalue weighted by molar-refractivity contribution is 0.240. The van der Waals surface area contributed by atoms with E-state index in [9.17, 15) is 8.42 Å². The van der Waals surface area contributed by atoms with Gasteiger partial charge >= 0.3 is 0 Å². The molecule has 1 aliphatic heterocycles. The minimum absolute atomic E-state index is 0.272. The average molecular weight is 303 g/mol. The molecule has 0 bridgehead atoms. The molecule has 2 aliphatic rings. The summed E-state index contributed by atoms with van der Waals surface area (Å²) in [5.74, 6) is 0.459. The normalized spacial score (nSPS) is 25.2. The van der Waals surface area contributed by atoms with E-state index in [2.05, 4.69) is 19.2 Å². The van der Waals surface area contributed by atoms with Crippen molar-refractivity contribution < 1.29 is 8.42 Å². The molecule has 6 heteroatoms. The first-order chi connectivity index (χ1) is 9.59. The number of hydrogen-bond donors (Lipinski definition) is 1. The highest BCUT2D eigenvalue weighted by Gasteiger charge is 2.40. The summed E-state index contributed by atoms with van der Waals surface area (Å²) in [5.41, 5.74) is 0. The highest BCUT2D eigenvalue weighted by atomic mass is 32.2. The van der Waals surface area contributed by atoms with Crippen LogP contribution in [0.3, 0.4) is 0 Å². The second-order valence-electron chi connectivity index (χ2n) is 6.02. The Kier molecular flexibility index (Phi) is 5.84. The molecule has 0 aromatic carbocycles. The summed E-state index contributed by atoms with van der Waals surface area (Å²) in [4.78, 5) is 0. The molecule has 1 atom stereocenters. The van der Waals surface area contributed by atoms with Gasteiger partial charge in [0.1, 0.15) is 0 Å². The topological polar surface area (TPSA) is 52.7 Å². The van der Waals surface area contributed by atoms with Gasteiger partial charge in [0.25, 0.3) is 10.2 Å². The van der Waals surface area contributed by atoms with E-state index in [1.807, 2.05) is 0 Å². The molecule has 5 nitrogen and oxygen atoms in total. The van der Waals surface area contributed by atoms with Gasteiger partial charge in [0.15, 0.2) is 0 Å². The van der Waals surface area contributed by atoms with Crippen LogP contribution in [0.25, 0.3) is 0 Å². The van der Waals surface area contributed by atoms with Crippen molar-refractivity contribution in [2.45, 2.75) is 52.0 Å². The summed E-state index contributed by atoms with van der Waals surface area (Å²) in [6, 6.07) is 0.272. The van der Waals surface area contributed by atoms with Crippen molar-refractivity contribution in [3.63, 3.8) is 0 Å². The Labute approximate surface area is 123 Å². The number of nitrogens with zero attached hydrogens (tertiary/aromatic N) is 2. The molecule has 1 saturated heterocycles. The molecule has 20 heavy (non-hydrogen) atoms. The number of rotatable bonds is 8. The second kappa shape index (κ2) is 7.20. The number of hydrogen-bond acceptors (Lipinski definition) is 3. The van der Waals surface area contributed by atoms with E-state index in [1.165, 1.54) is 0 Å². The standard InChI is InChI=1S/C14H29N3O2S/c1-3-9-17(14-7-8-14)20(18,19)16-10-5-6-13(12-16)11-15-4-2/h13-15H,3-12H2,1-2H3. The van der Waals surface area contributed by atoms with Crippen molar-refractivity contribution in [3.05, 3.63) is 0 Å². The first-order valence-electron chi connectivity index (χ1n) is 8.07. The fourth-order valence-corrected chi connectivity index (χ4v) is 5.03. The maximum Gasteiger partial charge on any atom is 0.282 e. The van der Waals surface area contributed by atoms with E-state index in [0.717, 1.165) is 45.2 Å². The number of nitrogens with one attached hydrogen (secondary N) is 1. The lowest BCUT2D eigenvalue weighted by Crippen LogP contribution is -2.50. The lowest BCUT2D eigenvalue weighted by Gasteiger charge is -2.35. The molecule has 0 radical (unpaired) electrons. The molecule has 0 aromatic rings. The third kappa shape index (κ3) is 3.93. The van der Waals surface area contributed by atoms with Crippen molar-refractivity contribution in [2.75, 3.05) is 32.7 Å². The first-order valence-corrected chi connectivity index (χ1v) is 9.46. The Hall–Kier alpha value is -0.170. The van der Waals surface area contributed by atoms with Gasteiger partial charge in [-0.1, -0.05) is 13.8 Å². The molecule has 1 N–H and O–H groups in total. The summed E-state index contributed by atoms with van der Waals surface area (Å²) in [6.45, 7) is 8.07. The summed E-state index contributed by atoms with van der Waals surface area (Å²) in [5, 5.41) is 3.34. The van der Waals surface area contributed by atoms with Gasteiger partial charge in [-0.2, -0.15) is 17.0 Å². The minimum Gasteiger partial charge on any atom is -0.317 e. The van der Waals surface area contributed by atoms with E-state index in [4.69, 9.17) is 0 Å². The van der Waals surface area contributed by atoms with Crippen LogP contribution in [0.1, 0.15) is 46.0 Å². The van der Waals surface area contributed by atoms with Gasteiger partial charge in [-0.3, -0.25) is 0 Å². The summed E-state index contributed by atoms with van der Waals surface area (Å²) < 4.78 is 29.1. The van der Waals surface area contributed by atoms with Crippen LogP contribution in [0.5, 0.6) is 0 Å². The SMILES string of the molecule is CCCN(C1CC1)S(=O)(=O)N1CCCC(CNCC)C1. The van der Waals surface area contributed by atoms with E-state index in [0.29, 0.717) is 25.6 Å². The second-order valence-corrected chi connectivity index (χ2v) is 7.90. The van der Waals surface area contributed by atoms with Crippen molar-refractivity contribution in [1.82, 2.24) is 13.9 Å². The zero-order valence-electron chi connectivity index (χ0n) is 12.8. The highest BCUT2D eigenvalue weighted by Crippen LogP contribution is 2.32. The van der Waals surface area contributed by atoms with E-state index in [-0.39, 0.29) is 6.04 Å². The third-order valence-electron chi connectivity index (χ3n) is 4.19. The van der Waals surface area contributed by atoms with Gasteiger partial charge in [-0.15, -0.1) is 0 Å². The summed E-state index contributed by atoms with van der Waals surface area (Å²) in [7, 11) is -3.24. The van der Waals surface area contributed by atoms with Gasteiger partial charge in [-0.05, 0) is 51.1 Å². The largest absolute Gasteiger partial charge is 0.317 e. The molecule has 118 valence electrons. The highest BCUT2D eigenvalue weighted by molar-refractivity contribution is 7.86. The van der Waals surface area contributed by atoms with Crippen LogP contribution in [-0.2, 0) is 10.2 Å². The lowest BCUT2D eigenvalue weighted by atomic mass is 10.00. The first kappa shape index (κ1) is 16.2. The van der Waals surface area contributed by atoms with Gasteiger partial charge in [0, 0.05) is 25.7 Å². The third-order valence-corrected chi connectivity index (χ3v) is 6.24. The number of piperidine rings is 1. The fourth-order valence-electron chi connectivity index (χ4n) is 2.97. The maximum absolute atomic E-state index is 12.8. The van der Waals surface area contributed by atoms with Crippen LogP contribution >= 0.6 is 0 Å². The predicted octanol–water partition coefficient (Wildman–Crippen LogP) is 1.43. The summed E-state index contributed by atoms with van der Waals surface area (Å²) >= 11 is 0. The van der Waals surface area contributed by atoms with Crippen molar-refractivity contribution in [2.24, 2.45) is 5.92 Å². The van der Waals surface area contributed by atoms with E-state index < -0.39 is 10.2 Å². The van der Waals surface area contributed by atoms with Gasteiger partial charge in [-0.25, -0.2) is 0 Å². The maximum atomic E-state index is 12.8. The molecule has 1 heterocycles. The zero-order chi connectivity index (χ0) is 14.6. The molecule has 2 fully saturated rings. The van der Waals surface area contributed by atoms with Gasteiger partial charge in [0.2, 0.25) is 0 Å². The summed E-state index contributed by atoms with van der Waals surface area (Å²) in [6.07, 6.45) is 5.09. The van der Waals surface area contributed by atoms with Crippen molar-refractivity contribution in [3.8, 4) is 0 Å². The fraction of sp³-hybridized carbons (Fsp3) is 1.00. The van der Waals surface area contributed by atoms with E-state index in [1.54, 1.807) is 8.61 Å². The van der Waals surface area contributed by atoms with Gasteiger partial charge in [0.05, 0.1) is 0 Å². The van der Waals surface area contributed by atoms with Crippen LogP contribution in [0.2, 0.25) is 0 Å². The molecule has 1 unspecified atom stereocenters. The quantitative estimate of drug-likeness (QED) is 0.738. The van der Waals surface area contributed by atoms with E-state index >= 15 is 0 Å². The van der Waals surface area contributed by atoms with Crippen LogP contribution in [0.4, 0.5) is 0 Å². The molecule has 0 spiro atoms.